The maximum Gasteiger partial charge on any atom is 0.269 e. The van der Waals surface area contributed by atoms with E-state index >= 15 is 0 Å². The second-order valence-electron chi connectivity index (χ2n) is 4.88. The summed E-state index contributed by atoms with van der Waals surface area (Å²) in [7, 11) is 0. The number of halogens is 2. The van der Waals surface area contributed by atoms with Crippen LogP contribution in [0.25, 0.3) is 0 Å². The Labute approximate surface area is 142 Å². The third-order valence-corrected chi connectivity index (χ3v) is 3.59. The number of benzene rings is 1. The van der Waals surface area contributed by atoms with Gasteiger partial charge in [0.25, 0.3) is 5.91 Å². The molecular formula is C15H14ClIN2O2. The molecule has 1 amide bonds. The summed E-state index contributed by atoms with van der Waals surface area (Å²) in [5.41, 5.74) is -1.03. The third-order valence-electron chi connectivity index (χ3n) is 2.70. The van der Waals surface area contributed by atoms with Crippen LogP contribution in [0, 0.1) is 3.57 Å². The quantitative estimate of drug-likeness (QED) is 0.762. The molecule has 2 aromatic rings. The molecule has 1 N–H and O–H groups in total. The number of carbonyl (C=O) groups is 1. The van der Waals surface area contributed by atoms with E-state index in [4.69, 9.17) is 16.3 Å². The van der Waals surface area contributed by atoms with Crippen molar-refractivity contribution in [1.82, 2.24) is 4.98 Å². The highest BCUT2D eigenvalue weighted by Crippen LogP contribution is 2.22. The molecule has 21 heavy (non-hydrogen) atoms. The second-order valence-corrected chi connectivity index (χ2v) is 6.56. The van der Waals surface area contributed by atoms with Crippen LogP contribution in [0.3, 0.4) is 0 Å². The molecule has 110 valence electrons. The molecule has 0 unspecified atom stereocenters. The average Bonchev–Trinajstić information content (AvgIpc) is 2.43. The van der Waals surface area contributed by atoms with Crippen LogP contribution in [0.5, 0.6) is 5.75 Å². The molecule has 0 aliphatic carbocycles. The first-order chi connectivity index (χ1) is 9.87. The first-order valence-corrected chi connectivity index (χ1v) is 7.70. The van der Waals surface area contributed by atoms with Crippen LogP contribution < -0.4 is 10.1 Å². The Kier molecular flexibility index (Phi) is 5.05. The fourth-order valence-corrected chi connectivity index (χ4v) is 2.01. The molecule has 0 radical (unpaired) electrons. The largest absolute Gasteiger partial charge is 0.478 e. The van der Waals surface area contributed by atoms with Crippen molar-refractivity contribution >= 4 is 45.9 Å². The van der Waals surface area contributed by atoms with E-state index < -0.39 is 5.60 Å². The first-order valence-electron chi connectivity index (χ1n) is 6.24. The number of amides is 1. The minimum Gasteiger partial charge on any atom is -0.478 e. The molecule has 0 saturated carbocycles. The van der Waals surface area contributed by atoms with Gasteiger partial charge in [0.15, 0.2) is 5.60 Å². The van der Waals surface area contributed by atoms with Crippen molar-refractivity contribution < 1.29 is 9.53 Å². The van der Waals surface area contributed by atoms with Crippen LogP contribution in [-0.4, -0.2) is 16.5 Å². The lowest BCUT2D eigenvalue weighted by Gasteiger charge is -2.25. The zero-order valence-corrected chi connectivity index (χ0v) is 14.5. The van der Waals surface area contributed by atoms with Crippen molar-refractivity contribution in [2.45, 2.75) is 19.4 Å². The molecule has 1 aromatic carbocycles. The molecule has 6 heteroatoms. The Morgan fingerprint density at radius 2 is 1.90 bits per heavy atom. The van der Waals surface area contributed by atoms with Crippen LogP contribution >= 0.6 is 34.2 Å². The first kappa shape index (κ1) is 16.0. The summed E-state index contributed by atoms with van der Waals surface area (Å²) >= 11 is 7.98. The molecule has 0 spiro atoms. The Balaban J connectivity index is 2.05. The van der Waals surface area contributed by atoms with E-state index in [1.807, 2.05) is 6.07 Å². The minimum atomic E-state index is -1.03. The summed E-state index contributed by atoms with van der Waals surface area (Å²) in [6, 6.07) is 10.5. The van der Waals surface area contributed by atoms with Gasteiger partial charge in [0, 0.05) is 14.8 Å². The maximum absolute atomic E-state index is 12.3. The van der Waals surface area contributed by atoms with E-state index in [0.29, 0.717) is 16.6 Å². The Bertz CT molecular complexity index is 627. The lowest BCUT2D eigenvalue weighted by molar-refractivity contribution is -0.128. The van der Waals surface area contributed by atoms with Gasteiger partial charge in [-0.1, -0.05) is 11.6 Å². The summed E-state index contributed by atoms with van der Waals surface area (Å²) in [4.78, 5) is 16.4. The molecule has 4 nitrogen and oxygen atoms in total. The topological polar surface area (TPSA) is 51.2 Å². The number of nitrogens with one attached hydrogen (secondary N) is 1. The number of hydrogen-bond donors (Lipinski definition) is 1. The van der Waals surface area contributed by atoms with Crippen molar-refractivity contribution in [2.24, 2.45) is 0 Å². The van der Waals surface area contributed by atoms with Gasteiger partial charge in [0.2, 0.25) is 0 Å². The van der Waals surface area contributed by atoms with Crippen molar-refractivity contribution in [3.63, 3.8) is 0 Å². The summed E-state index contributed by atoms with van der Waals surface area (Å²) in [5, 5.41) is 3.35. The molecular weight excluding hydrogens is 403 g/mol. The third kappa shape index (κ3) is 4.57. The van der Waals surface area contributed by atoms with Crippen molar-refractivity contribution in [3.05, 3.63) is 51.2 Å². The van der Waals surface area contributed by atoms with E-state index in [0.717, 1.165) is 3.57 Å². The highest BCUT2D eigenvalue weighted by Gasteiger charge is 2.30. The van der Waals surface area contributed by atoms with Crippen LogP contribution in [-0.2, 0) is 4.79 Å². The molecule has 1 heterocycles. The normalized spacial score (nSPS) is 11.0. The van der Waals surface area contributed by atoms with Crippen LogP contribution in [0.4, 0.5) is 5.82 Å². The molecule has 2 rings (SSSR count). The molecule has 0 saturated heterocycles. The van der Waals surface area contributed by atoms with Gasteiger partial charge in [-0.05, 0) is 72.8 Å². The predicted octanol–water partition coefficient (Wildman–Crippen LogP) is 4.14. The van der Waals surface area contributed by atoms with Gasteiger partial charge < -0.3 is 10.1 Å². The van der Waals surface area contributed by atoms with Gasteiger partial charge in [-0.3, -0.25) is 4.79 Å². The standard InChI is InChI=1S/C15H14ClIN2O2/c1-15(2,21-12-6-3-10(16)4-7-12)14(20)19-13-8-5-11(17)9-18-13/h3-9H,1-2H3,(H,18,19,20). The number of anilines is 1. The van der Waals surface area contributed by atoms with E-state index in [1.165, 1.54) is 0 Å². The fraction of sp³-hybridized carbons (Fsp3) is 0.200. The predicted molar refractivity (Wildman–Crippen MR) is 91.7 cm³/mol. The molecule has 0 bridgehead atoms. The molecule has 0 atom stereocenters. The van der Waals surface area contributed by atoms with E-state index in [-0.39, 0.29) is 5.91 Å². The number of rotatable bonds is 4. The Morgan fingerprint density at radius 1 is 1.24 bits per heavy atom. The Hall–Kier alpha value is -1.34. The molecule has 0 aliphatic heterocycles. The molecule has 0 fully saturated rings. The monoisotopic (exact) mass is 416 g/mol. The lowest BCUT2D eigenvalue weighted by atomic mass is 10.1. The molecule has 0 aliphatic rings. The Morgan fingerprint density at radius 3 is 2.48 bits per heavy atom. The summed E-state index contributed by atoms with van der Waals surface area (Å²) < 4.78 is 6.72. The van der Waals surface area contributed by atoms with Gasteiger partial charge in [-0.2, -0.15) is 0 Å². The van der Waals surface area contributed by atoms with Gasteiger partial charge in [-0.25, -0.2) is 4.98 Å². The molecule has 1 aromatic heterocycles. The average molecular weight is 417 g/mol. The maximum atomic E-state index is 12.3. The van der Waals surface area contributed by atoms with Crippen molar-refractivity contribution in [3.8, 4) is 5.75 Å². The van der Waals surface area contributed by atoms with E-state index in [1.54, 1.807) is 50.4 Å². The smallest absolute Gasteiger partial charge is 0.269 e. The summed E-state index contributed by atoms with van der Waals surface area (Å²) in [5.74, 6) is 0.800. The van der Waals surface area contributed by atoms with Gasteiger partial charge in [-0.15, -0.1) is 0 Å². The minimum absolute atomic E-state index is 0.272. The van der Waals surface area contributed by atoms with Crippen molar-refractivity contribution in [2.75, 3.05) is 5.32 Å². The van der Waals surface area contributed by atoms with Gasteiger partial charge in [0.1, 0.15) is 11.6 Å². The summed E-state index contributed by atoms with van der Waals surface area (Å²) in [6.45, 7) is 3.40. The number of ether oxygens (including phenoxy) is 1. The van der Waals surface area contributed by atoms with Gasteiger partial charge in [0.05, 0.1) is 0 Å². The fourth-order valence-electron chi connectivity index (χ4n) is 1.56. The van der Waals surface area contributed by atoms with Crippen molar-refractivity contribution in [1.29, 1.82) is 0 Å². The highest BCUT2D eigenvalue weighted by atomic mass is 127. The highest BCUT2D eigenvalue weighted by molar-refractivity contribution is 14.1. The second kappa shape index (κ2) is 6.62. The van der Waals surface area contributed by atoms with Crippen LogP contribution in [0.15, 0.2) is 42.6 Å². The van der Waals surface area contributed by atoms with Crippen LogP contribution in [0.2, 0.25) is 5.02 Å². The van der Waals surface area contributed by atoms with Crippen LogP contribution in [0.1, 0.15) is 13.8 Å². The van der Waals surface area contributed by atoms with E-state index in [2.05, 4.69) is 32.9 Å². The summed E-state index contributed by atoms with van der Waals surface area (Å²) in [6.07, 6.45) is 1.68. The number of carbonyl (C=O) groups excluding carboxylic acids is 1. The zero-order valence-electron chi connectivity index (χ0n) is 11.6. The number of hydrogen-bond acceptors (Lipinski definition) is 3. The zero-order chi connectivity index (χ0) is 15.5. The number of nitrogens with zero attached hydrogens (tertiary/aromatic N) is 1. The SMILES string of the molecule is CC(C)(Oc1ccc(Cl)cc1)C(=O)Nc1ccc(I)cn1. The van der Waals surface area contributed by atoms with Gasteiger partial charge >= 0.3 is 0 Å². The number of pyridine rings is 1. The van der Waals surface area contributed by atoms with E-state index in [9.17, 15) is 4.79 Å². The number of aromatic nitrogens is 1. The lowest BCUT2D eigenvalue weighted by Crippen LogP contribution is -2.42.